The van der Waals surface area contributed by atoms with Crippen LogP contribution in [0.1, 0.15) is 10.4 Å². The molecule has 2 rings (SSSR count). The second-order valence-corrected chi connectivity index (χ2v) is 6.06. The highest BCUT2D eigenvalue weighted by Gasteiger charge is 2.31. The summed E-state index contributed by atoms with van der Waals surface area (Å²) in [6.07, 6.45) is -4.40. The monoisotopic (exact) mass is 369 g/mol. The molecule has 0 bridgehead atoms. The van der Waals surface area contributed by atoms with Crippen molar-refractivity contribution in [1.82, 2.24) is 0 Å². The van der Waals surface area contributed by atoms with Gasteiger partial charge in [0, 0.05) is 20.1 Å². The molecule has 0 saturated heterocycles. The van der Waals surface area contributed by atoms with Crippen LogP contribution in [0.3, 0.4) is 0 Å². The van der Waals surface area contributed by atoms with Crippen LogP contribution in [0.2, 0.25) is 5.02 Å². The summed E-state index contributed by atoms with van der Waals surface area (Å²) in [5.41, 5.74) is -0.409. The summed E-state index contributed by atoms with van der Waals surface area (Å²) in [4.78, 5) is 1.01. The molecule has 7 heteroatoms. The molecule has 2 aromatic rings. The zero-order valence-corrected chi connectivity index (χ0v) is 12.6. The summed E-state index contributed by atoms with van der Waals surface area (Å²) in [5, 5.41) is 4.90. The molecule has 0 saturated carbocycles. The Hall–Kier alpha value is -0.720. The molecule has 0 aliphatic rings. The molecule has 0 amide bonds. The summed E-state index contributed by atoms with van der Waals surface area (Å²) >= 11 is 10.6. The quantitative estimate of drug-likeness (QED) is 0.720. The van der Waals surface area contributed by atoms with E-state index >= 15 is 0 Å². The molecule has 0 radical (unpaired) electrons. The standard InChI is InChI=1S/C12H8BrClF3NS/c13-10-1-2-19-11(10)6-18-9-4-7(12(15,16)17)3-8(14)5-9/h1-5,18H,6H2. The highest BCUT2D eigenvalue weighted by Crippen LogP contribution is 2.33. The van der Waals surface area contributed by atoms with E-state index in [2.05, 4.69) is 21.2 Å². The molecular weight excluding hydrogens is 363 g/mol. The maximum atomic E-state index is 12.6. The summed E-state index contributed by atoms with van der Waals surface area (Å²) in [6, 6.07) is 5.32. The van der Waals surface area contributed by atoms with Gasteiger partial charge in [-0.2, -0.15) is 13.2 Å². The fourth-order valence-corrected chi connectivity index (χ4v) is 3.16. The predicted octanol–water partition coefficient (Wildman–Crippen LogP) is 5.79. The Bertz CT molecular complexity index is 583. The number of benzene rings is 1. The number of anilines is 1. The van der Waals surface area contributed by atoms with Crippen molar-refractivity contribution in [1.29, 1.82) is 0 Å². The first-order chi connectivity index (χ1) is 8.86. The zero-order valence-electron chi connectivity index (χ0n) is 9.39. The number of alkyl halides is 3. The minimum absolute atomic E-state index is 0.0579. The van der Waals surface area contributed by atoms with E-state index in [1.54, 1.807) is 0 Å². The lowest BCUT2D eigenvalue weighted by Crippen LogP contribution is -2.06. The van der Waals surface area contributed by atoms with E-state index in [9.17, 15) is 13.2 Å². The van der Waals surface area contributed by atoms with E-state index in [4.69, 9.17) is 11.6 Å². The molecule has 1 aromatic carbocycles. The van der Waals surface area contributed by atoms with Gasteiger partial charge in [0.1, 0.15) is 0 Å². The molecule has 1 aromatic heterocycles. The molecule has 0 spiro atoms. The summed E-state index contributed by atoms with van der Waals surface area (Å²) in [7, 11) is 0. The average Bonchev–Trinajstić information content (AvgIpc) is 2.70. The Balaban J connectivity index is 2.17. The molecule has 0 aliphatic heterocycles. The van der Waals surface area contributed by atoms with E-state index in [1.165, 1.54) is 17.4 Å². The second-order valence-electron chi connectivity index (χ2n) is 3.77. The van der Waals surface area contributed by atoms with Gasteiger partial charge >= 0.3 is 6.18 Å². The van der Waals surface area contributed by atoms with Crippen LogP contribution in [-0.4, -0.2) is 0 Å². The Morgan fingerprint density at radius 2 is 2.00 bits per heavy atom. The molecule has 0 aliphatic carbocycles. The van der Waals surface area contributed by atoms with Crippen molar-refractivity contribution in [2.75, 3.05) is 5.32 Å². The Labute approximate surface area is 125 Å². The molecule has 1 N–H and O–H groups in total. The van der Waals surface area contributed by atoms with Gasteiger partial charge in [0.2, 0.25) is 0 Å². The van der Waals surface area contributed by atoms with Crippen LogP contribution in [0.15, 0.2) is 34.1 Å². The minimum Gasteiger partial charge on any atom is -0.380 e. The minimum atomic E-state index is -4.40. The van der Waals surface area contributed by atoms with Crippen LogP contribution in [0, 0.1) is 0 Å². The number of hydrogen-bond donors (Lipinski definition) is 1. The van der Waals surface area contributed by atoms with Crippen LogP contribution in [-0.2, 0) is 12.7 Å². The van der Waals surface area contributed by atoms with E-state index in [0.29, 0.717) is 12.2 Å². The van der Waals surface area contributed by atoms with Crippen molar-refractivity contribution in [3.8, 4) is 0 Å². The molecular formula is C12H8BrClF3NS. The maximum absolute atomic E-state index is 12.6. The molecule has 19 heavy (non-hydrogen) atoms. The lowest BCUT2D eigenvalue weighted by atomic mass is 10.2. The van der Waals surface area contributed by atoms with Crippen LogP contribution >= 0.6 is 38.9 Å². The molecule has 0 unspecified atom stereocenters. The predicted molar refractivity (Wildman–Crippen MR) is 75.8 cm³/mol. The van der Waals surface area contributed by atoms with Crippen molar-refractivity contribution >= 4 is 44.6 Å². The second kappa shape index (κ2) is 5.73. The third-order valence-electron chi connectivity index (χ3n) is 2.37. The Morgan fingerprint density at radius 3 is 2.58 bits per heavy atom. The fourth-order valence-electron chi connectivity index (χ4n) is 1.49. The topological polar surface area (TPSA) is 12.0 Å². The van der Waals surface area contributed by atoms with Gasteiger partial charge in [-0.15, -0.1) is 11.3 Å². The lowest BCUT2D eigenvalue weighted by Gasteiger charge is -2.11. The van der Waals surface area contributed by atoms with Crippen molar-refractivity contribution < 1.29 is 13.2 Å². The van der Waals surface area contributed by atoms with Gasteiger partial charge in [-0.05, 0) is 45.6 Å². The van der Waals surface area contributed by atoms with Gasteiger partial charge < -0.3 is 5.32 Å². The first kappa shape index (κ1) is 14.7. The van der Waals surface area contributed by atoms with Gasteiger partial charge in [-0.25, -0.2) is 0 Å². The molecule has 0 atom stereocenters. The van der Waals surface area contributed by atoms with E-state index in [-0.39, 0.29) is 5.02 Å². The number of hydrogen-bond acceptors (Lipinski definition) is 2. The molecule has 0 fully saturated rings. The highest BCUT2D eigenvalue weighted by atomic mass is 79.9. The summed E-state index contributed by atoms with van der Waals surface area (Å²) in [6.45, 7) is 0.440. The van der Waals surface area contributed by atoms with Gasteiger partial charge in [-0.1, -0.05) is 11.6 Å². The van der Waals surface area contributed by atoms with Crippen LogP contribution < -0.4 is 5.32 Å². The van der Waals surface area contributed by atoms with Crippen LogP contribution in [0.5, 0.6) is 0 Å². The van der Waals surface area contributed by atoms with Gasteiger partial charge in [-0.3, -0.25) is 0 Å². The van der Waals surface area contributed by atoms with Crippen LogP contribution in [0.4, 0.5) is 18.9 Å². The van der Waals surface area contributed by atoms with E-state index in [1.807, 2.05) is 11.4 Å². The molecule has 1 heterocycles. The zero-order chi connectivity index (χ0) is 14.0. The average molecular weight is 371 g/mol. The molecule has 1 nitrogen and oxygen atoms in total. The fraction of sp³-hybridized carbons (Fsp3) is 0.167. The number of thiophene rings is 1. The number of rotatable bonds is 3. The highest BCUT2D eigenvalue weighted by molar-refractivity contribution is 9.10. The largest absolute Gasteiger partial charge is 0.416 e. The summed E-state index contributed by atoms with van der Waals surface area (Å²) in [5.74, 6) is 0. The molecule has 102 valence electrons. The van der Waals surface area contributed by atoms with Gasteiger partial charge in [0.05, 0.1) is 12.1 Å². The number of nitrogens with one attached hydrogen (secondary N) is 1. The smallest absolute Gasteiger partial charge is 0.380 e. The SMILES string of the molecule is FC(F)(F)c1cc(Cl)cc(NCc2sccc2Br)c1. The first-order valence-electron chi connectivity index (χ1n) is 5.20. The Morgan fingerprint density at radius 1 is 1.26 bits per heavy atom. The summed E-state index contributed by atoms with van der Waals surface area (Å²) < 4.78 is 38.8. The first-order valence-corrected chi connectivity index (χ1v) is 7.25. The third-order valence-corrected chi connectivity index (χ3v) is 4.51. The van der Waals surface area contributed by atoms with Crippen LogP contribution in [0.25, 0.3) is 0 Å². The van der Waals surface area contributed by atoms with Crippen molar-refractivity contribution in [2.45, 2.75) is 12.7 Å². The maximum Gasteiger partial charge on any atom is 0.416 e. The van der Waals surface area contributed by atoms with Crippen molar-refractivity contribution in [2.24, 2.45) is 0 Å². The van der Waals surface area contributed by atoms with E-state index in [0.717, 1.165) is 21.5 Å². The van der Waals surface area contributed by atoms with Gasteiger partial charge in [0.15, 0.2) is 0 Å². The third kappa shape index (κ3) is 3.87. The number of halogens is 5. The van der Waals surface area contributed by atoms with Crippen molar-refractivity contribution in [3.05, 3.63) is 49.6 Å². The van der Waals surface area contributed by atoms with Crippen molar-refractivity contribution in [3.63, 3.8) is 0 Å². The normalized spacial score (nSPS) is 11.6. The van der Waals surface area contributed by atoms with Gasteiger partial charge in [0.25, 0.3) is 0 Å². The van der Waals surface area contributed by atoms with E-state index < -0.39 is 11.7 Å². The lowest BCUT2D eigenvalue weighted by molar-refractivity contribution is -0.137. The Kier molecular flexibility index (Phi) is 4.43.